The Morgan fingerprint density at radius 3 is 2.69 bits per heavy atom. The Labute approximate surface area is 91.3 Å². The van der Waals surface area contributed by atoms with Gasteiger partial charge in [0.25, 0.3) is 0 Å². The molecule has 0 N–H and O–H groups in total. The molecule has 0 saturated heterocycles. The Balaban J connectivity index is 2.96. The van der Waals surface area contributed by atoms with Crippen LogP contribution in [0, 0.1) is 0 Å². The van der Waals surface area contributed by atoms with Gasteiger partial charge in [-0.3, -0.25) is 4.79 Å². The van der Waals surface area contributed by atoms with E-state index in [1.165, 1.54) is 37.5 Å². The molecule has 0 aliphatic heterocycles. The van der Waals surface area contributed by atoms with E-state index in [-0.39, 0.29) is 5.75 Å². The molecule has 0 bridgehead atoms. The van der Waals surface area contributed by atoms with Gasteiger partial charge in [-0.15, -0.1) is 0 Å². The fourth-order valence-electron chi connectivity index (χ4n) is 1.15. The number of ether oxygens (including phenoxy) is 2. The molecule has 0 aliphatic carbocycles. The summed E-state index contributed by atoms with van der Waals surface area (Å²) >= 11 is 0. The summed E-state index contributed by atoms with van der Waals surface area (Å²) in [6.07, 6.45) is 3.41. The lowest BCUT2D eigenvalue weighted by atomic mass is 10.2. The van der Waals surface area contributed by atoms with Crippen molar-refractivity contribution in [3.63, 3.8) is 0 Å². The van der Waals surface area contributed by atoms with E-state index < -0.39 is 6.61 Å². The highest BCUT2D eigenvalue weighted by Gasteiger charge is 2.07. The molecule has 86 valence electrons. The summed E-state index contributed by atoms with van der Waals surface area (Å²) in [5, 5.41) is 0. The lowest BCUT2D eigenvalue weighted by Gasteiger charge is -2.08. The monoisotopic (exact) mass is 228 g/mol. The minimum atomic E-state index is -2.87. The molecule has 0 unspecified atom stereocenters. The van der Waals surface area contributed by atoms with Crippen molar-refractivity contribution in [2.24, 2.45) is 0 Å². The Morgan fingerprint density at radius 1 is 1.38 bits per heavy atom. The van der Waals surface area contributed by atoms with Crippen LogP contribution >= 0.6 is 0 Å². The fourth-order valence-corrected chi connectivity index (χ4v) is 1.15. The Hall–Kier alpha value is -1.91. The summed E-state index contributed by atoms with van der Waals surface area (Å²) in [5.41, 5.74) is 0.608. The normalized spacial score (nSPS) is 10.8. The van der Waals surface area contributed by atoms with Crippen LogP contribution < -0.4 is 9.47 Å². The van der Waals surface area contributed by atoms with Crippen LogP contribution in [0.5, 0.6) is 11.5 Å². The van der Waals surface area contributed by atoms with Gasteiger partial charge in [0.2, 0.25) is 0 Å². The topological polar surface area (TPSA) is 35.5 Å². The number of hydrogen-bond acceptors (Lipinski definition) is 3. The van der Waals surface area contributed by atoms with Crippen molar-refractivity contribution in [3.8, 4) is 11.5 Å². The van der Waals surface area contributed by atoms with Crippen molar-refractivity contribution < 1.29 is 23.0 Å². The molecule has 0 heterocycles. The zero-order chi connectivity index (χ0) is 12.0. The van der Waals surface area contributed by atoms with Gasteiger partial charge in [0.1, 0.15) is 17.8 Å². The number of allylic oxidation sites excluding steroid dienone is 1. The fraction of sp³-hybridized carbons (Fsp3) is 0.182. The average molecular weight is 228 g/mol. The van der Waals surface area contributed by atoms with Crippen LogP contribution in [0.2, 0.25) is 0 Å². The number of hydrogen-bond donors (Lipinski definition) is 0. The van der Waals surface area contributed by atoms with Gasteiger partial charge in [0.15, 0.2) is 0 Å². The first kappa shape index (κ1) is 12.2. The van der Waals surface area contributed by atoms with E-state index in [4.69, 9.17) is 4.74 Å². The third kappa shape index (κ3) is 3.34. The first-order chi connectivity index (χ1) is 7.67. The molecule has 0 aromatic heterocycles. The molecule has 0 aliphatic rings. The summed E-state index contributed by atoms with van der Waals surface area (Å²) in [4.78, 5) is 10.1. The van der Waals surface area contributed by atoms with Crippen LogP contribution in [0.3, 0.4) is 0 Å². The van der Waals surface area contributed by atoms with Crippen molar-refractivity contribution in [3.05, 3.63) is 29.8 Å². The number of carbonyl (C=O) groups is 1. The number of methoxy groups -OCH3 is 1. The van der Waals surface area contributed by atoms with E-state index in [2.05, 4.69) is 4.74 Å². The highest BCUT2D eigenvalue weighted by Crippen LogP contribution is 2.26. The maximum atomic E-state index is 11.9. The zero-order valence-electron chi connectivity index (χ0n) is 8.52. The summed E-state index contributed by atoms with van der Waals surface area (Å²) in [5.74, 6) is 0.367. The molecule has 3 nitrogen and oxygen atoms in total. The van der Waals surface area contributed by atoms with Crippen molar-refractivity contribution in [1.82, 2.24) is 0 Å². The molecular formula is C11H10F2O3. The van der Waals surface area contributed by atoms with E-state index in [0.717, 1.165) is 0 Å². The smallest absolute Gasteiger partial charge is 0.387 e. The largest absolute Gasteiger partial charge is 0.496 e. The molecule has 0 atom stereocenters. The Bertz CT molecular complexity index is 389. The van der Waals surface area contributed by atoms with Crippen molar-refractivity contribution in [2.45, 2.75) is 6.61 Å². The van der Waals surface area contributed by atoms with Crippen LogP contribution in [0.4, 0.5) is 8.78 Å². The van der Waals surface area contributed by atoms with Gasteiger partial charge in [-0.1, -0.05) is 0 Å². The first-order valence-corrected chi connectivity index (χ1v) is 4.42. The second-order valence-corrected chi connectivity index (χ2v) is 2.78. The van der Waals surface area contributed by atoms with E-state index in [9.17, 15) is 13.6 Å². The van der Waals surface area contributed by atoms with Crippen molar-refractivity contribution >= 4 is 12.4 Å². The van der Waals surface area contributed by atoms with E-state index in [1.807, 2.05) is 0 Å². The lowest BCUT2D eigenvalue weighted by Crippen LogP contribution is -2.02. The molecule has 1 aromatic rings. The third-order valence-corrected chi connectivity index (χ3v) is 1.78. The van der Waals surface area contributed by atoms with E-state index in [0.29, 0.717) is 17.6 Å². The van der Waals surface area contributed by atoms with Crippen LogP contribution in [-0.2, 0) is 4.79 Å². The average Bonchev–Trinajstić information content (AvgIpc) is 2.26. The molecule has 0 amide bonds. The standard InChI is InChI=1S/C11H10F2O3/c1-15-10-7-9(16-11(12)13)5-4-8(10)3-2-6-14/h2-7,11H,1H3/b3-2+. The summed E-state index contributed by atoms with van der Waals surface area (Å²) in [7, 11) is 1.40. The van der Waals surface area contributed by atoms with E-state index in [1.54, 1.807) is 0 Å². The number of carbonyl (C=O) groups excluding carboxylic acids is 1. The highest BCUT2D eigenvalue weighted by atomic mass is 19.3. The number of halogens is 2. The van der Waals surface area contributed by atoms with Crippen molar-refractivity contribution in [2.75, 3.05) is 7.11 Å². The quantitative estimate of drug-likeness (QED) is 0.573. The first-order valence-electron chi connectivity index (χ1n) is 4.42. The molecule has 1 aromatic carbocycles. The predicted octanol–water partition coefficient (Wildman–Crippen LogP) is 2.51. The minimum Gasteiger partial charge on any atom is -0.496 e. The number of alkyl halides is 2. The molecule has 0 radical (unpaired) electrons. The molecule has 0 saturated carbocycles. The zero-order valence-corrected chi connectivity index (χ0v) is 8.52. The van der Waals surface area contributed by atoms with Gasteiger partial charge < -0.3 is 9.47 Å². The minimum absolute atomic E-state index is 0.00935. The SMILES string of the molecule is COc1cc(OC(F)F)ccc1/C=C/C=O. The van der Waals surface area contributed by atoms with Gasteiger partial charge in [0, 0.05) is 11.6 Å². The van der Waals surface area contributed by atoms with Crippen LogP contribution in [0.25, 0.3) is 6.08 Å². The predicted molar refractivity (Wildman–Crippen MR) is 54.7 cm³/mol. The molecule has 16 heavy (non-hydrogen) atoms. The summed E-state index contributed by atoms with van der Waals surface area (Å²) in [6, 6.07) is 4.23. The molecular weight excluding hydrogens is 218 g/mol. The highest BCUT2D eigenvalue weighted by molar-refractivity contribution is 5.75. The third-order valence-electron chi connectivity index (χ3n) is 1.78. The number of aldehydes is 1. The van der Waals surface area contributed by atoms with Gasteiger partial charge in [-0.2, -0.15) is 8.78 Å². The number of rotatable bonds is 5. The summed E-state index contributed by atoms with van der Waals surface area (Å²) in [6.45, 7) is -2.87. The van der Waals surface area contributed by atoms with Crippen LogP contribution in [0.15, 0.2) is 24.3 Å². The van der Waals surface area contributed by atoms with Gasteiger partial charge in [-0.25, -0.2) is 0 Å². The van der Waals surface area contributed by atoms with Gasteiger partial charge in [0.05, 0.1) is 7.11 Å². The second kappa shape index (κ2) is 5.85. The van der Waals surface area contributed by atoms with Crippen LogP contribution in [0.1, 0.15) is 5.56 Å². The van der Waals surface area contributed by atoms with Gasteiger partial charge in [-0.05, 0) is 24.3 Å². The summed E-state index contributed by atoms with van der Waals surface area (Å²) < 4.78 is 33.1. The number of benzene rings is 1. The molecule has 5 heteroatoms. The lowest BCUT2D eigenvalue weighted by molar-refractivity contribution is -0.104. The Kier molecular flexibility index (Phi) is 4.44. The second-order valence-electron chi connectivity index (χ2n) is 2.78. The van der Waals surface area contributed by atoms with Crippen molar-refractivity contribution in [1.29, 1.82) is 0 Å². The molecule has 0 spiro atoms. The van der Waals surface area contributed by atoms with E-state index >= 15 is 0 Å². The molecule has 1 rings (SSSR count). The molecule has 0 fully saturated rings. The Morgan fingerprint density at radius 2 is 2.12 bits per heavy atom. The van der Waals surface area contributed by atoms with Gasteiger partial charge >= 0.3 is 6.61 Å². The maximum absolute atomic E-state index is 11.9. The van der Waals surface area contributed by atoms with Crippen LogP contribution in [-0.4, -0.2) is 20.0 Å². The maximum Gasteiger partial charge on any atom is 0.387 e.